The van der Waals surface area contributed by atoms with Crippen molar-refractivity contribution in [2.75, 3.05) is 7.05 Å². The third-order valence-corrected chi connectivity index (χ3v) is 4.84. The predicted octanol–water partition coefficient (Wildman–Crippen LogP) is 4.59. The second kappa shape index (κ2) is 7.08. The average molecular weight is 355 g/mol. The van der Waals surface area contributed by atoms with Gasteiger partial charge in [0.25, 0.3) is 5.91 Å². The number of nitrogens with zero attached hydrogens (tertiary/aromatic N) is 2. The fourth-order valence-corrected chi connectivity index (χ4v) is 3.47. The van der Waals surface area contributed by atoms with Gasteiger partial charge in [-0.3, -0.25) is 4.79 Å². The SMILES string of the molecule is CCc1ccccc1-c1ccc2c(C(=O)NC)c(-c3ccccc3)nn2c1. The van der Waals surface area contributed by atoms with Gasteiger partial charge in [0.15, 0.2) is 0 Å². The molecule has 0 atom stereocenters. The highest BCUT2D eigenvalue weighted by Crippen LogP contribution is 2.29. The fraction of sp³-hybridized carbons (Fsp3) is 0.130. The number of aromatic nitrogens is 2. The van der Waals surface area contributed by atoms with Crippen LogP contribution in [0.5, 0.6) is 0 Å². The third-order valence-electron chi connectivity index (χ3n) is 4.84. The van der Waals surface area contributed by atoms with Gasteiger partial charge in [-0.05, 0) is 23.6 Å². The molecule has 0 radical (unpaired) electrons. The number of rotatable bonds is 4. The zero-order chi connectivity index (χ0) is 18.8. The summed E-state index contributed by atoms with van der Waals surface area (Å²) in [6.45, 7) is 2.16. The largest absolute Gasteiger partial charge is 0.355 e. The van der Waals surface area contributed by atoms with Gasteiger partial charge in [-0.15, -0.1) is 0 Å². The number of fused-ring (bicyclic) bond motifs is 1. The van der Waals surface area contributed by atoms with Crippen LogP contribution in [0.25, 0.3) is 27.9 Å². The van der Waals surface area contributed by atoms with Gasteiger partial charge in [0.1, 0.15) is 5.69 Å². The number of amides is 1. The Morgan fingerprint density at radius 1 is 0.963 bits per heavy atom. The molecule has 0 aliphatic rings. The first-order valence-corrected chi connectivity index (χ1v) is 9.11. The van der Waals surface area contributed by atoms with Crippen molar-refractivity contribution < 1.29 is 4.79 Å². The summed E-state index contributed by atoms with van der Waals surface area (Å²) in [5.41, 5.74) is 6.58. The van der Waals surface area contributed by atoms with E-state index in [2.05, 4.69) is 36.5 Å². The van der Waals surface area contributed by atoms with Crippen LogP contribution in [0.4, 0.5) is 0 Å². The lowest BCUT2D eigenvalue weighted by molar-refractivity contribution is 0.0965. The molecule has 4 rings (SSSR count). The zero-order valence-electron chi connectivity index (χ0n) is 15.4. The first-order chi connectivity index (χ1) is 13.2. The normalized spacial score (nSPS) is 10.9. The van der Waals surface area contributed by atoms with Crippen molar-refractivity contribution >= 4 is 11.4 Å². The number of hydrogen-bond donors (Lipinski definition) is 1. The maximum atomic E-state index is 12.6. The van der Waals surface area contributed by atoms with Gasteiger partial charge in [0, 0.05) is 24.4 Å². The van der Waals surface area contributed by atoms with Gasteiger partial charge in [-0.1, -0.05) is 67.6 Å². The molecule has 4 nitrogen and oxygen atoms in total. The molecule has 0 aliphatic heterocycles. The Morgan fingerprint density at radius 2 is 1.70 bits per heavy atom. The van der Waals surface area contributed by atoms with Crippen LogP contribution in [-0.4, -0.2) is 22.6 Å². The molecule has 2 heterocycles. The molecule has 0 fully saturated rings. The molecule has 0 unspecified atom stereocenters. The van der Waals surface area contributed by atoms with Crippen molar-refractivity contribution in [3.63, 3.8) is 0 Å². The summed E-state index contributed by atoms with van der Waals surface area (Å²) in [6.07, 6.45) is 2.97. The quantitative estimate of drug-likeness (QED) is 0.582. The van der Waals surface area contributed by atoms with Gasteiger partial charge < -0.3 is 5.32 Å². The van der Waals surface area contributed by atoms with Crippen molar-refractivity contribution in [2.24, 2.45) is 0 Å². The minimum atomic E-state index is -0.134. The van der Waals surface area contributed by atoms with Crippen molar-refractivity contribution in [1.82, 2.24) is 14.9 Å². The molecule has 1 N–H and O–H groups in total. The summed E-state index contributed by atoms with van der Waals surface area (Å²) in [5.74, 6) is -0.134. The van der Waals surface area contributed by atoms with Gasteiger partial charge in [-0.2, -0.15) is 5.10 Å². The molecule has 1 amide bonds. The summed E-state index contributed by atoms with van der Waals surface area (Å²) in [6, 6.07) is 22.2. The van der Waals surface area contributed by atoms with Crippen LogP contribution in [0.3, 0.4) is 0 Å². The Labute approximate surface area is 158 Å². The lowest BCUT2D eigenvalue weighted by Crippen LogP contribution is -2.18. The van der Waals surface area contributed by atoms with E-state index in [-0.39, 0.29) is 5.91 Å². The number of aryl methyl sites for hydroxylation is 1. The highest BCUT2D eigenvalue weighted by atomic mass is 16.1. The second-order valence-electron chi connectivity index (χ2n) is 6.43. The molecule has 2 aromatic carbocycles. The van der Waals surface area contributed by atoms with Crippen LogP contribution >= 0.6 is 0 Å². The standard InChI is InChI=1S/C23H21N3O/c1-3-16-9-7-8-12-19(16)18-13-14-20-21(23(27)24-2)22(25-26(20)15-18)17-10-5-4-6-11-17/h4-15H,3H2,1-2H3,(H,24,27). The minimum absolute atomic E-state index is 0.134. The predicted molar refractivity (Wildman–Crippen MR) is 109 cm³/mol. The monoisotopic (exact) mass is 355 g/mol. The summed E-state index contributed by atoms with van der Waals surface area (Å²) in [5, 5.41) is 7.49. The van der Waals surface area contributed by atoms with Crippen LogP contribution in [0.15, 0.2) is 72.9 Å². The molecule has 134 valence electrons. The summed E-state index contributed by atoms with van der Waals surface area (Å²) >= 11 is 0. The van der Waals surface area contributed by atoms with Crippen LogP contribution < -0.4 is 5.32 Å². The lowest BCUT2D eigenvalue weighted by atomic mass is 9.99. The number of benzene rings is 2. The smallest absolute Gasteiger partial charge is 0.255 e. The lowest BCUT2D eigenvalue weighted by Gasteiger charge is -2.08. The highest BCUT2D eigenvalue weighted by Gasteiger charge is 2.20. The van der Waals surface area contributed by atoms with E-state index in [4.69, 9.17) is 5.10 Å². The van der Waals surface area contributed by atoms with E-state index in [0.717, 1.165) is 23.1 Å². The van der Waals surface area contributed by atoms with E-state index in [1.165, 1.54) is 11.1 Å². The minimum Gasteiger partial charge on any atom is -0.355 e. The molecule has 0 spiro atoms. The fourth-order valence-electron chi connectivity index (χ4n) is 3.47. The summed E-state index contributed by atoms with van der Waals surface area (Å²) in [4.78, 5) is 12.6. The molecule has 2 aromatic heterocycles. The van der Waals surface area contributed by atoms with Crippen LogP contribution in [0.2, 0.25) is 0 Å². The van der Waals surface area contributed by atoms with E-state index in [1.807, 2.05) is 53.2 Å². The molecular formula is C23H21N3O. The zero-order valence-corrected chi connectivity index (χ0v) is 15.4. The van der Waals surface area contributed by atoms with E-state index in [9.17, 15) is 4.79 Å². The Kier molecular flexibility index (Phi) is 4.47. The molecule has 27 heavy (non-hydrogen) atoms. The van der Waals surface area contributed by atoms with Crippen molar-refractivity contribution in [2.45, 2.75) is 13.3 Å². The second-order valence-corrected chi connectivity index (χ2v) is 6.43. The number of carbonyl (C=O) groups is 1. The van der Waals surface area contributed by atoms with Crippen LogP contribution in [0.1, 0.15) is 22.8 Å². The summed E-state index contributed by atoms with van der Waals surface area (Å²) < 4.78 is 1.81. The summed E-state index contributed by atoms with van der Waals surface area (Å²) in [7, 11) is 1.65. The molecule has 0 saturated heterocycles. The first kappa shape index (κ1) is 17.0. The first-order valence-electron chi connectivity index (χ1n) is 9.11. The van der Waals surface area contributed by atoms with Gasteiger partial charge in [0.2, 0.25) is 0 Å². The number of nitrogens with one attached hydrogen (secondary N) is 1. The maximum absolute atomic E-state index is 12.6. The van der Waals surface area contributed by atoms with Gasteiger partial charge in [-0.25, -0.2) is 4.52 Å². The van der Waals surface area contributed by atoms with Crippen molar-refractivity contribution in [3.8, 4) is 22.4 Å². The van der Waals surface area contributed by atoms with Gasteiger partial charge >= 0.3 is 0 Å². The van der Waals surface area contributed by atoms with E-state index in [0.29, 0.717) is 11.3 Å². The van der Waals surface area contributed by atoms with E-state index in [1.54, 1.807) is 7.05 Å². The molecular weight excluding hydrogens is 334 g/mol. The van der Waals surface area contributed by atoms with Crippen LogP contribution in [0, 0.1) is 0 Å². The number of hydrogen-bond acceptors (Lipinski definition) is 2. The number of carbonyl (C=O) groups excluding carboxylic acids is 1. The van der Waals surface area contributed by atoms with E-state index >= 15 is 0 Å². The topological polar surface area (TPSA) is 46.4 Å². The molecule has 4 aromatic rings. The van der Waals surface area contributed by atoms with Gasteiger partial charge in [0.05, 0.1) is 11.1 Å². The molecule has 4 heteroatoms. The maximum Gasteiger partial charge on any atom is 0.255 e. The Balaban J connectivity index is 1.94. The molecule has 0 bridgehead atoms. The molecule has 0 aliphatic carbocycles. The third kappa shape index (κ3) is 2.99. The van der Waals surface area contributed by atoms with E-state index < -0.39 is 0 Å². The Hall–Kier alpha value is -3.40. The highest BCUT2D eigenvalue weighted by molar-refractivity contribution is 6.06. The Morgan fingerprint density at radius 3 is 2.44 bits per heavy atom. The van der Waals surface area contributed by atoms with Crippen molar-refractivity contribution in [1.29, 1.82) is 0 Å². The van der Waals surface area contributed by atoms with Crippen LogP contribution in [-0.2, 0) is 6.42 Å². The average Bonchev–Trinajstić information content (AvgIpc) is 3.12. The molecule has 0 saturated carbocycles. The van der Waals surface area contributed by atoms with Crippen molar-refractivity contribution in [3.05, 3.63) is 84.1 Å². The number of pyridine rings is 1. The Bertz CT molecular complexity index is 1110.